The lowest BCUT2D eigenvalue weighted by atomic mass is 9.99. The average Bonchev–Trinajstić information content (AvgIpc) is 2.32. The van der Waals surface area contributed by atoms with Crippen LogP contribution in [0, 0.1) is 5.92 Å². The van der Waals surface area contributed by atoms with Gasteiger partial charge in [0.1, 0.15) is 0 Å². The molecule has 0 aromatic carbocycles. The molecule has 1 aliphatic heterocycles. The van der Waals surface area contributed by atoms with Gasteiger partial charge in [-0.15, -0.1) is 0 Å². The van der Waals surface area contributed by atoms with Gasteiger partial charge < -0.3 is 4.90 Å². The molecule has 3 heteroatoms. The predicted molar refractivity (Wildman–Crippen MR) is 62.6 cm³/mol. The van der Waals surface area contributed by atoms with E-state index in [0.29, 0.717) is 0 Å². The molecule has 0 radical (unpaired) electrons. The molecule has 1 unspecified atom stereocenters. The highest BCUT2D eigenvalue weighted by Gasteiger charge is 2.27. The fourth-order valence-corrected chi connectivity index (χ4v) is 1.87. The second-order valence-electron chi connectivity index (χ2n) is 3.84. The van der Waals surface area contributed by atoms with Gasteiger partial charge in [-0.2, -0.15) is 0 Å². The smallest absolute Gasteiger partial charge is 0.229 e. The highest BCUT2D eigenvalue weighted by molar-refractivity contribution is 5.81. The Bertz CT molecular complexity index is 318. The molecule has 1 atom stereocenters. The summed E-state index contributed by atoms with van der Waals surface area (Å²) in [7, 11) is 1.78. The van der Waals surface area contributed by atoms with Crippen LogP contribution >= 0.6 is 0 Å². The molecule has 0 spiro atoms. The summed E-state index contributed by atoms with van der Waals surface area (Å²) in [5.41, 5.74) is 1.76. The summed E-state index contributed by atoms with van der Waals surface area (Å²) in [6.07, 6.45) is 4.23. The van der Waals surface area contributed by atoms with Crippen LogP contribution in [-0.2, 0) is 4.79 Å². The lowest BCUT2D eigenvalue weighted by Gasteiger charge is -2.20. The van der Waals surface area contributed by atoms with E-state index >= 15 is 0 Å². The number of likely N-dealkylation sites (tertiary alicyclic amines) is 1. The van der Waals surface area contributed by atoms with Crippen LogP contribution in [0.5, 0.6) is 0 Å². The quantitative estimate of drug-likeness (QED) is 0.638. The summed E-state index contributed by atoms with van der Waals surface area (Å²) in [5, 5.41) is 0. The first-order valence-corrected chi connectivity index (χ1v) is 5.23. The Kier molecular flexibility index (Phi) is 3.83. The molecule has 1 heterocycles. The van der Waals surface area contributed by atoms with Gasteiger partial charge in [0.15, 0.2) is 0 Å². The highest BCUT2D eigenvalue weighted by Crippen LogP contribution is 2.28. The van der Waals surface area contributed by atoms with Gasteiger partial charge in [0, 0.05) is 13.0 Å². The molecule has 15 heavy (non-hydrogen) atoms. The molecule has 1 saturated heterocycles. The maximum absolute atomic E-state index is 12.0. The van der Waals surface area contributed by atoms with E-state index in [9.17, 15) is 4.79 Å². The average molecular weight is 206 g/mol. The van der Waals surface area contributed by atoms with Crippen molar-refractivity contribution in [3.63, 3.8) is 0 Å². The van der Waals surface area contributed by atoms with Crippen molar-refractivity contribution in [1.29, 1.82) is 0 Å². The number of hydrogen-bond donors (Lipinski definition) is 0. The lowest BCUT2D eigenvalue weighted by molar-refractivity contribution is -0.132. The summed E-state index contributed by atoms with van der Waals surface area (Å²) >= 11 is 0. The fourth-order valence-electron chi connectivity index (χ4n) is 1.87. The summed E-state index contributed by atoms with van der Waals surface area (Å²) in [4.78, 5) is 17.4. The number of likely N-dealkylation sites (N-methyl/N-ethyl adjacent to an activating group) is 1. The normalized spacial score (nSPS) is 25.6. The van der Waals surface area contributed by atoms with E-state index in [-0.39, 0.29) is 11.8 Å². The zero-order chi connectivity index (χ0) is 11.4. The minimum atomic E-state index is 0.113. The molecule has 1 amide bonds. The van der Waals surface area contributed by atoms with E-state index in [1.807, 2.05) is 6.92 Å². The monoisotopic (exact) mass is 206 g/mol. The van der Waals surface area contributed by atoms with Crippen LogP contribution < -0.4 is 0 Å². The van der Waals surface area contributed by atoms with Crippen LogP contribution in [0.25, 0.3) is 0 Å². The van der Waals surface area contributed by atoms with E-state index < -0.39 is 0 Å². The van der Waals surface area contributed by atoms with Crippen molar-refractivity contribution >= 4 is 12.6 Å². The second kappa shape index (κ2) is 4.91. The second-order valence-corrected chi connectivity index (χ2v) is 3.84. The van der Waals surface area contributed by atoms with Crippen molar-refractivity contribution in [3.8, 4) is 0 Å². The van der Waals surface area contributed by atoms with Crippen LogP contribution in [0.1, 0.15) is 26.2 Å². The maximum Gasteiger partial charge on any atom is 0.229 e. The Balaban J connectivity index is 3.02. The van der Waals surface area contributed by atoms with E-state index in [0.717, 1.165) is 30.5 Å². The van der Waals surface area contributed by atoms with E-state index in [2.05, 4.69) is 18.3 Å². The Labute approximate surface area is 91.2 Å². The van der Waals surface area contributed by atoms with Gasteiger partial charge >= 0.3 is 0 Å². The number of nitrogens with zero attached hydrogens (tertiary/aromatic N) is 2. The molecule has 3 nitrogen and oxygen atoms in total. The van der Waals surface area contributed by atoms with Gasteiger partial charge in [0.25, 0.3) is 0 Å². The van der Waals surface area contributed by atoms with E-state index in [1.165, 1.54) is 0 Å². The first-order chi connectivity index (χ1) is 7.11. The molecule has 0 aromatic rings. The molecule has 0 bridgehead atoms. The first kappa shape index (κ1) is 11.7. The van der Waals surface area contributed by atoms with Crippen LogP contribution in [0.15, 0.2) is 29.0 Å². The molecule has 1 aliphatic rings. The number of allylic oxidation sites excluding steroid dienone is 1. The molecular formula is C12H18N2O. The molecular weight excluding hydrogens is 188 g/mol. The van der Waals surface area contributed by atoms with Crippen molar-refractivity contribution in [2.75, 3.05) is 7.05 Å². The molecule has 0 aliphatic carbocycles. The van der Waals surface area contributed by atoms with Crippen molar-refractivity contribution in [1.82, 2.24) is 4.90 Å². The third-order valence-electron chi connectivity index (χ3n) is 2.90. The van der Waals surface area contributed by atoms with Gasteiger partial charge in [-0.05, 0) is 31.6 Å². The summed E-state index contributed by atoms with van der Waals surface area (Å²) in [5.74, 6) is 0.272. The summed E-state index contributed by atoms with van der Waals surface area (Å²) < 4.78 is 0. The van der Waals surface area contributed by atoms with Crippen LogP contribution in [0.3, 0.4) is 0 Å². The first-order valence-electron chi connectivity index (χ1n) is 5.23. The van der Waals surface area contributed by atoms with Crippen molar-refractivity contribution in [2.24, 2.45) is 10.9 Å². The summed E-state index contributed by atoms with van der Waals surface area (Å²) in [6.45, 7) is 9.43. The maximum atomic E-state index is 12.0. The van der Waals surface area contributed by atoms with Gasteiger partial charge in [-0.25, -0.2) is 0 Å². The molecule has 1 fully saturated rings. The minimum absolute atomic E-state index is 0.113. The minimum Gasteiger partial charge on any atom is -0.314 e. The Morgan fingerprint density at radius 1 is 1.67 bits per heavy atom. The Hall–Kier alpha value is -1.38. The third-order valence-corrected chi connectivity index (χ3v) is 2.90. The van der Waals surface area contributed by atoms with E-state index in [4.69, 9.17) is 0 Å². The largest absolute Gasteiger partial charge is 0.314 e. The van der Waals surface area contributed by atoms with Gasteiger partial charge in [-0.1, -0.05) is 13.5 Å². The van der Waals surface area contributed by atoms with Crippen molar-refractivity contribution in [2.45, 2.75) is 26.2 Å². The van der Waals surface area contributed by atoms with Gasteiger partial charge in [-0.3, -0.25) is 9.79 Å². The standard InChI is InChI=1S/C12H18N2O/c1-5-10-7-6-9(2)11(8-13-3)14(4)12(10)15/h8,10H,2-3,5-7H2,1,4H3/b11-8+. The van der Waals surface area contributed by atoms with Crippen LogP contribution in [-0.4, -0.2) is 24.6 Å². The van der Waals surface area contributed by atoms with Crippen LogP contribution in [0.2, 0.25) is 0 Å². The van der Waals surface area contributed by atoms with Gasteiger partial charge in [0.2, 0.25) is 5.91 Å². The third kappa shape index (κ3) is 2.35. The molecule has 0 aromatic heterocycles. The SMILES string of the molecule is C=N/C=C1\C(=C)CCC(CC)C(=O)N1C. The molecule has 0 N–H and O–H groups in total. The zero-order valence-electron chi connectivity index (χ0n) is 9.49. The number of hydrogen-bond acceptors (Lipinski definition) is 2. The number of carbonyl (C=O) groups excluding carboxylic acids is 1. The number of carbonyl (C=O) groups is 1. The van der Waals surface area contributed by atoms with Crippen LogP contribution in [0.4, 0.5) is 0 Å². The van der Waals surface area contributed by atoms with Gasteiger partial charge in [0.05, 0.1) is 11.9 Å². The molecule has 0 saturated carbocycles. The molecule has 82 valence electrons. The topological polar surface area (TPSA) is 32.7 Å². The lowest BCUT2D eigenvalue weighted by Crippen LogP contribution is -2.30. The van der Waals surface area contributed by atoms with E-state index in [1.54, 1.807) is 18.1 Å². The Morgan fingerprint density at radius 3 is 2.87 bits per heavy atom. The van der Waals surface area contributed by atoms with Crippen molar-refractivity contribution in [3.05, 3.63) is 24.0 Å². The highest BCUT2D eigenvalue weighted by atomic mass is 16.2. The Morgan fingerprint density at radius 2 is 2.33 bits per heavy atom. The number of amides is 1. The predicted octanol–water partition coefficient (Wildman–Crippen LogP) is 2.36. The number of rotatable bonds is 2. The summed E-state index contributed by atoms with van der Waals surface area (Å²) in [6, 6.07) is 0. The van der Waals surface area contributed by atoms with Crippen molar-refractivity contribution < 1.29 is 4.79 Å². The molecule has 1 rings (SSSR count). The fraction of sp³-hybridized carbons (Fsp3) is 0.500. The number of aliphatic imine (C=N–C) groups is 1. The zero-order valence-corrected chi connectivity index (χ0v) is 9.49.